The molecule has 0 spiro atoms. The van der Waals surface area contributed by atoms with Crippen molar-refractivity contribution in [2.24, 2.45) is 0 Å². The predicted octanol–water partition coefficient (Wildman–Crippen LogP) is 10.7. The highest BCUT2D eigenvalue weighted by atomic mass is 32.1. The number of rotatable bonds is 6. The normalized spacial score (nSPS) is 12.7. The highest BCUT2D eigenvalue weighted by molar-refractivity contribution is 7.24. The monoisotopic (exact) mass is 686 g/mol. The Bertz CT molecular complexity index is 2840. The van der Waals surface area contributed by atoms with Crippen LogP contribution in [-0.4, -0.2) is 31.0 Å². The van der Waals surface area contributed by atoms with Crippen LogP contribution >= 0.6 is 11.3 Å². The van der Waals surface area contributed by atoms with Crippen molar-refractivity contribution in [2.45, 2.75) is 0 Å². The highest BCUT2D eigenvalue weighted by Crippen LogP contribution is 2.49. The van der Waals surface area contributed by atoms with E-state index >= 15 is 0 Å². The number of aromatic nitrogens is 5. The molecular formula is C45H30N6S. The molecule has 5 heterocycles. The third-order valence-electron chi connectivity index (χ3n) is 9.61. The van der Waals surface area contributed by atoms with E-state index in [-0.39, 0.29) is 0 Å². The first-order chi connectivity index (χ1) is 25.8. The number of allylic oxidation sites excluding steroid dienone is 2. The van der Waals surface area contributed by atoms with Crippen molar-refractivity contribution >= 4 is 48.8 Å². The van der Waals surface area contributed by atoms with Gasteiger partial charge in [0.15, 0.2) is 17.5 Å². The van der Waals surface area contributed by atoms with Crippen LogP contribution in [0.3, 0.4) is 0 Å². The van der Waals surface area contributed by atoms with Crippen LogP contribution in [0.25, 0.3) is 87.5 Å². The summed E-state index contributed by atoms with van der Waals surface area (Å²) in [7, 11) is 0. The summed E-state index contributed by atoms with van der Waals surface area (Å²) in [5.74, 6) is 1.87. The largest absolute Gasteiger partial charge is 0.387 e. The summed E-state index contributed by atoms with van der Waals surface area (Å²) in [4.78, 5) is 20.4. The Morgan fingerprint density at radius 2 is 1.29 bits per heavy atom. The van der Waals surface area contributed by atoms with Crippen LogP contribution in [0.4, 0.5) is 0 Å². The second-order valence-corrected chi connectivity index (χ2v) is 13.7. The second-order valence-electron chi connectivity index (χ2n) is 12.7. The third-order valence-corrected chi connectivity index (χ3v) is 10.9. The zero-order valence-electron chi connectivity index (χ0n) is 27.9. The van der Waals surface area contributed by atoms with Gasteiger partial charge in [0.2, 0.25) is 0 Å². The molecule has 9 aromatic rings. The van der Waals surface area contributed by atoms with Crippen LogP contribution in [0.15, 0.2) is 164 Å². The lowest BCUT2D eigenvalue weighted by Gasteiger charge is -2.12. The van der Waals surface area contributed by atoms with Gasteiger partial charge in [-0.3, -0.25) is 4.98 Å². The average Bonchev–Trinajstić information content (AvgIpc) is 3.78. The molecule has 0 amide bonds. The van der Waals surface area contributed by atoms with E-state index in [1.54, 1.807) is 12.4 Å². The van der Waals surface area contributed by atoms with E-state index < -0.39 is 0 Å². The van der Waals surface area contributed by atoms with Crippen LogP contribution in [-0.2, 0) is 0 Å². The summed E-state index contributed by atoms with van der Waals surface area (Å²) in [5.41, 5.74) is 9.84. The number of pyridine rings is 1. The van der Waals surface area contributed by atoms with Crippen molar-refractivity contribution in [2.75, 3.05) is 6.54 Å². The zero-order valence-corrected chi connectivity index (χ0v) is 28.8. The van der Waals surface area contributed by atoms with Crippen LogP contribution in [0.5, 0.6) is 0 Å². The van der Waals surface area contributed by atoms with Crippen LogP contribution in [0.1, 0.15) is 5.82 Å². The van der Waals surface area contributed by atoms with E-state index in [9.17, 15) is 0 Å². The fourth-order valence-electron chi connectivity index (χ4n) is 7.24. The molecule has 0 saturated heterocycles. The third kappa shape index (κ3) is 5.10. The zero-order chi connectivity index (χ0) is 34.4. The lowest BCUT2D eigenvalue weighted by atomic mass is 9.98. The molecule has 7 heteroatoms. The van der Waals surface area contributed by atoms with Crippen molar-refractivity contribution in [1.29, 1.82) is 0 Å². The fourth-order valence-corrected chi connectivity index (χ4v) is 8.62. The number of dihydropyridines is 1. The van der Waals surface area contributed by atoms with Gasteiger partial charge in [0.25, 0.3) is 0 Å². The van der Waals surface area contributed by atoms with Crippen molar-refractivity contribution in [1.82, 2.24) is 29.8 Å². The van der Waals surface area contributed by atoms with Gasteiger partial charge in [0.05, 0.1) is 11.0 Å². The van der Waals surface area contributed by atoms with E-state index in [2.05, 4.69) is 142 Å². The molecule has 0 atom stereocenters. The Kier molecular flexibility index (Phi) is 7.29. The van der Waals surface area contributed by atoms with Gasteiger partial charge in [-0.15, -0.1) is 11.3 Å². The summed E-state index contributed by atoms with van der Waals surface area (Å²) in [5, 5.41) is 6.97. The van der Waals surface area contributed by atoms with Crippen LogP contribution < -0.4 is 5.32 Å². The fraction of sp³-hybridized carbons (Fsp3) is 0.0222. The first kappa shape index (κ1) is 30.2. The molecule has 1 N–H and O–H groups in total. The highest BCUT2D eigenvalue weighted by Gasteiger charge is 2.22. The molecule has 5 aromatic carbocycles. The van der Waals surface area contributed by atoms with E-state index in [4.69, 9.17) is 15.0 Å². The van der Waals surface area contributed by atoms with Gasteiger partial charge in [0.1, 0.15) is 0 Å². The van der Waals surface area contributed by atoms with E-state index in [0.717, 1.165) is 40.0 Å². The molecule has 0 fully saturated rings. The summed E-state index contributed by atoms with van der Waals surface area (Å²) < 4.78 is 3.66. The van der Waals surface area contributed by atoms with Crippen molar-refractivity contribution < 1.29 is 0 Å². The number of para-hydroxylation sites is 1. The standard InChI is InChI=1S/C45H30N6S/c1-3-10-29(11-4-1)39-36-18-19-38-40(42(36)52-41(39)30-12-5-2-6-13-30)35-16-7-8-17-37(35)51(38)34-15-9-14-33(28-34)45-49-43(31-20-24-46-25-21-31)48-44(50-45)32-22-26-47-27-23-32/h1-26,28,47H,27H2. The number of fused-ring (bicyclic) bond motifs is 5. The molecule has 0 saturated carbocycles. The minimum Gasteiger partial charge on any atom is -0.387 e. The maximum Gasteiger partial charge on any atom is 0.164 e. The summed E-state index contributed by atoms with van der Waals surface area (Å²) in [6.07, 6.45) is 9.57. The van der Waals surface area contributed by atoms with Gasteiger partial charge in [-0.25, -0.2) is 15.0 Å². The lowest BCUT2D eigenvalue weighted by Crippen LogP contribution is -2.10. The Balaban J connectivity index is 1.19. The first-order valence-corrected chi connectivity index (χ1v) is 18.1. The summed E-state index contributed by atoms with van der Waals surface area (Å²) in [6.45, 7) is 0.720. The van der Waals surface area contributed by atoms with Crippen LogP contribution in [0.2, 0.25) is 0 Å². The molecule has 0 unspecified atom stereocenters. The predicted molar refractivity (Wildman–Crippen MR) is 214 cm³/mol. The molecule has 6 nitrogen and oxygen atoms in total. The maximum absolute atomic E-state index is 5.02. The van der Waals surface area contributed by atoms with Crippen LogP contribution in [0, 0.1) is 0 Å². The maximum atomic E-state index is 5.02. The number of thiophene rings is 1. The summed E-state index contributed by atoms with van der Waals surface area (Å²) >= 11 is 1.88. The molecule has 0 aliphatic carbocycles. The minimum atomic E-state index is 0.612. The quantitative estimate of drug-likeness (QED) is 0.189. The molecule has 52 heavy (non-hydrogen) atoms. The number of hydrogen-bond donors (Lipinski definition) is 1. The molecule has 1 aliphatic rings. The van der Waals surface area contributed by atoms with Gasteiger partial charge in [0, 0.05) is 72.6 Å². The SMILES string of the molecule is C1=CC(c2nc(-c3ccncc3)nc(-c3cccc(-n4c5ccccc5c5c6sc(-c7ccccc7)c(-c7ccccc7)c6ccc54)c3)n2)=CCN1. The molecular weight excluding hydrogens is 657 g/mol. The Hall–Kier alpha value is -6.70. The van der Waals surface area contributed by atoms with Crippen molar-refractivity contribution in [3.63, 3.8) is 0 Å². The Morgan fingerprint density at radius 3 is 2.08 bits per heavy atom. The minimum absolute atomic E-state index is 0.612. The Labute approximate surface area is 304 Å². The van der Waals surface area contributed by atoms with E-state index in [0.29, 0.717) is 17.5 Å². The molecule has 10 rings (SSSR count). The van der Waals surface area contributed by atoms with Gasteiger partial charge >= 0.3 is 0 Å². The number of hydrogen-bond acceptors (Lipinski definition) is 6. The van der Waals surface area contributed by atoms with Gasteiger partial charge in [-0.05, 0) is 59.8 Å². The molecule has 0 bridgehead atoms. The number of benzene rings is 5. The second kappa shape index (κ2) is 12.6. The lowest BCUT2D eigenvalue weighted by molar-refractivity contribution is 0.964. The Morgan fingerprint density at radius 1 is 0.577 bits per heavy atom. The van der Waals surface area contributed by atoms with Gasteiger partial charge in [-0.1, -0.05) is 103 Å². The number of nitrogens with zero attached hydrogens (tertiary/aromatic N) is 5. The molecule has 0 radical (unpaired) electrons. The topological polar surface area (TPSA) is 68.5 Å². The first-order valence-electron chi connectivity index (χ1n) is 17.3. The van der Waals surface area contributed by atoms with Gasteiger partial charge < -0.3 is 9.88 Å². The molecule has 1 aliphatic heterocycles. The molecule has 246 valence electrons. The van der Waals surface area contributed by atoms with Gasteiger partial charge in [-0.2, -0.15) is 0 Å². The summed E-state index contributed by atoms with van der Waals surface area (Å²) in [6, 6.07) is 47.3. The smallest absolute Gasteiger partial charge is 0.164 e. The van der Waals surface area contributed by atoms with Crippen molar-refractivity contribution in [3.05, 3.63) is 170 Å². The van der Waals surface area contributed by atoms with E-state index in [1.165, 1.54) is 42.4 Å². The van der Waals surface area contributed by atoms with E-state index in [1.807, 2.05) is 35.7 Å². The molecule has 4 aromatic heterocycles. The van der Waals surface area contributed by atoms with Crippen molar-refractivity contribution in [3.8, 4) is 50.0 Å². The number of nitrogens with one attached hydrogen (secondary N) is 1. The average molecular weight is 687 g/mol.